The largest absolute Gasteiger partial charge is 0.462 e. The maximum Gasteiger partial charge on any atom is 0.302 e. The number of esters is 1. The van der Waals surface area contributed by atoms with Gasteiger partial charge in [-0.1, -0.05) is 12.1 Å². The molecule has 4 heteroatoms. The van der Waals surface area contributed by atoms with Crippen molar-refractivity contribution >= 4 is 5.97 Å². The summed E-state index contributed by atoms with van der Waals surface area (Å²) >= 11 is 0. The summed E-state index contributed by atoms with van der Waals surface area (Å²) in [6.45, 7) is 1.96. The first-order valence-corrected chi connectivity index (χ1v) is 5.69. The average molecular weight is 238 g/mol. The van der Waals surface area contributed by atoms with Crippen molar-refractivity contribution in [3.8, 4) is 0 Å². The summed E-state index contributed by atoms with van der Waals surface area (Å²) in [5.41, 5.74) is 0.920. The lowest BCUT2D eigenvalue weighted by Gasteiger charge is -2.29. The number of benzene rings is 1. The van der Waals surface area contributed by atoms with Crippen LogP contribution in [0.25, 0.3) is 0 Å². The Kier molecular flexibility index (Phi) is 3.74. The lowest BCUT2D eigenvalue weighted by Crippen LogP contribution is -2.27. The molecule has 0 spiro atoms. The Morgan fingerprint density at radius 3 is 2.76 bits per heavy atom. The number of ether oxygens (including phenoxy) is 2. The van der Waals surface area contributed by atoms with Crippen molar-refractivity contribution in [3.63, 3.8) is 0 Å². The van der Waals surface area contributed by atoms with Gasteiger partial charge in [0.15, 0.2) is 0 Å². The molecule has 0 saturated carbocycles. The van der Waals surface area contributed by atoms with Gasteiger partial charge in [0.1, 0.15) is 11.9 Å². The Morgan fingerprint density at radius 1 is 1.41 bits per heavy atom. The van der Waals surface area contributed by atoms with Crippen LogP contribution >= 0.6 is 0 Å². The van der Waals surface area contributed by atoms with Crippen molar-refractivity contribution in [2.45, 2.75) is 32.0 Å². The van der Waals surface area contributed by atoms with Crippen molar-refractivity contribution in [1.29, 1.82) is 0 Å². The van der Waals surface area contributed by atoms with Crippen LogP contribution in [0.1, 0.15) is 31.4 Å². The molecule has 0 aromatic heterocycles. The van der Waals surface area contributed by atoms with Gasteiger partial charge in [0.25, 0.3) is 0 Å². The summed E-state index contributed by atoms with van der Waals surface area (Å²) in [6.07, 6.45) is 1.13. The molecule has 1 fully saturated rings. The zero-order valence-electron chi connectivity index (χ0n) is 9.69. The maximum atomic E-state index is 12.8. The highest BCUT2D eigenvalue weighted by molar-refractivity contribution is 5.66. The quantitative estimate of drug-likeness (QED) is 0.743. The van der Waals surface area contributed by atoms with Crippen LogP contribution in [0.4, 0.5) is 4.39 Å². The van der Waals surface area contributed by atoms with E-state index in [9.17, 15) is 9.18 Å². The molecule has 17 heavy (non-hydrogen) atoms. The van der Waals surface area contributed by atoms with Crippen LogP contribution in [0.5, 0.6) is 0 Å². The molecule has 2 atom stereocenters. The van der Waals surface area contributed by atoms with Crippen molar-refractivity contribution in [1.82, 2.24) is 0 Å². The van der Waals surface area contributed by atoms with E-state index in [1.807, 2.05) is 0 Å². The molecule has 0 unspecified atom stereocenters. The monoisotopic (exact) mass is 238 g/mol. The standard InChI is InChI=1S/C13H15FO3/c1-9(15)17-12-6-7-16-13(8-12)10-2-4-11(14)5-3-10/h2-5,12-13H,6-8H2,1H3/t12-,13+/m0/s1. The summed E-state index contributed by atoms with van der Waals surface area (Å²) in [7, 11) is 0. The fraction of sp³-hybridized carbons (Fsp3) is 0.462. The highest BCUT2D eigenvalue weighted by atomic mass is 19.1. The second kappa shape index (κ2) is 5.27. The second-order valence-electron chi connectivity index (χ2n) is 4.17. The van der Waals surface area contributed by atoms with Crippen LogP contribution in [0, 0.1) is 5.82 Å². The molecule has 1 aliphatic heterocycles. The van der Waals surface area contributed by atoms with Gasteiger partial charge in [-0.25, -0.2) is 4.39 Å². The predicted octanol–water partition coefficient (Wildman–Crippen LogP) is 2.61. The number of rotatable bonds is 2. The summed E-state index contributed by atoms with van der Waals surface area (Å²) in [5.74, 6) is -0.532. The van der Waals surface area contributed by atoms with E-state index in [-0.39, 0.29) is 24.0 Å². The van der Waals surface area contributed by atoms with E-state index in [1.165, 1.54) is 19.1 Å². The topological polar surface area (TPSA) is 35.5 Å². The molecule has 1 aromatic carbocycles. The minimum atomic E-state index is -0.269. The molecule has 0 amide bonds. The summed E-state index contributed by atoms with van der Waals surface area (Å²) in [5, 5.41) is 0. The summed E-state index contributed by atoms with van der Waals surface area (Å²) in [4.78, 5) is 10.9. The van der Waals surface area contributed by atoms with Crippen molar-refractivity contribution in [2.24, 2.45) is 0 Å². The van der Waals surface area contributed by atoms with Crippen molar-refractivity contribution in [2.75, 3.05) is 6.61 Å². The third-order valence-corrected chi connectivity index (χ3v) is 2.81. The highest BCUT2D eigenvalue weighted by Gasteiger charge is 2.25. The molecule has 1 aliphatic rings. The molecule has 3 nitrogen and oxygen atoms in total. The predicted molar refractivity (Wildman–Crippen MR) is 59.9 cm³/mol. The zero-order valence-corrected chi connectivity index (χ0v) is 9.69. The van der Waals surface area contributed by atoms with Crippen LogP contribution in [0.3, 0.4) is 0 Å². The van der Waals surface area contributed by atoms with Gasteiger partial charge >= 0.3 is 5.97 Å². The molecule has 0 bridgehead atoms. The Hall–Kier alpha value is -1.42. The number of hydrogen-bond acceptors (Lipinski definition) is 3. The van der Waals surface area contributed by atoms with Gasteiger partial charge in [-0.3, -0.25) is 4.79 Å². The molecule has 1 aromatic rings. The molecule has 1 heterocycles. The van der Waals surface area contributed by atoms with Crippen LogP contribution in [-0.2, 0) is 14.3 Å². The second-order valence-corrected chi connectivity index (χ2v) is 4.17. The van der Waals surface area contributed by atoms with Crippen LogP contribution in [-0.4, -0.2) is 18.7 Å². The van der Waals surface area contributed by atoms with E-state index < -0.39 is 0 Å². The Bertz CT molecular complexity index is 388. The molecule has 92 valence electrons. The Labute approximate surface area is 99.5 Å². The number of carbonyl (C=O) groups excluding carboxylic acids is 1. The molecular weight excluding hydrogens is 223 g/mol. The van der Waals surface area contributed by atoms with Crippen LogP contribution in [0.2, 0.25) is 0 Å². The first-order valence-electron chi connectivity index (χ1n) is 5.69. The van der Waals surface area contributed by atoms with Crippen molar-refractivity contribution < 1.29 is 18.7 Å². The minimum absolute atomic E-state index is 0.101. The summed E-state index contributed by atoms with van der Waals surface area (Å²) < 4.78 is 23.6. The van der Waals surface area contributed by atoms with Gasteiger partial charge in [-0.2, -0.15) is 0 Å². The molecular formula is C13H15FO3. The normalized spacial score (nSPS) is 24.4. The first kappa shape index (κ1) is 12.0. The van der Waals surface area contributed by atoms with Gasteiger partial charge < -0.3 is 9.47 Å². The van der Waals surface area contributed by atoms with E-state index >= 15 is 0 Å². The van der Waals surface area contributed by atoms with E-state index in [2.05, 4.69) is 0 Å². The van der Waals surface area contributed by atoms with Gasteiger partial charge in [0.05, 0.1) is 12.7 Å². The zero-order chi connectivity index (χ0) is 12.3. The first-order chi connectivity index (χ1) is 8.15. The van der Waals surface area contributed by atoms with E-state index in [0.29, 0.717) is 13.0 Å². The summed E-state index contributed by atoms with van der Waals surface area (Å²) in [6, 6.07) is 6.23. The lowest BCUT2D eigenvalue weighted by molar-refractivity contribution is -0.153. The van der Waals surface area contributed by atoms with Gasteiger partial charge in [-0.15, -0.1) is 0 Å². The van der Waals surface area contributed by atoms with Gasteiger partial charge in [0, 0.05) is 19.8 Å². The molecule has 2 rings (SSSR count). The minimum Gasteiger partial charge on any atom is -0.462 e. The fourth-order valence-corrected chi connectivity index (χ4v) is 2.02. The lowest BCUT2D eigenvalue weighted by atomic mass is 9.99. The highest BCUT2D eigenvalue weighted by Crippen LogP contribution is 2.29. The fourth-order valence-electron chi connectivity index (χ4n) is 2.02. The Balaban J connectivity index is 2.01. The molecule has 0 radical (unpaired) electrons. The molecule has 1 saturated heterocycles. The van der Waals surface area contributed by atoms with E-state index in [1.54, 1.807) is 12.1 Å². The van der Waals surface area contributed by atoms with Gasteiger partial charge in [-0.05, 0) is 17.7 Å². The van der Waals surface area contributed by atoms with Crippen molar-refractivity contribution in [3.05, 3.63) is 35.6 Å². The van der Waals surface area contributed by atoms with Crippen LogP contribution in [0.15, 0.2) is 24.3 Å². The smallest absolute Gasteiger partial charge is 0.302 e. The van der Waals surface area contributed by atoms with Crippen LogP contribution < -0.4 is 0 Å². The Morgan fingerprint density at radius 2 is 2.12 bits per heavy atom. The number of halogens is 1. The average Bonchev–Trinajstić information content (AvgIpc) is 2.29. The molecule has 0 N–H and O–H groups in total. The SMILES string of the molecule is CC(=O)O[C@H]1CCO[C@@H](c2ccc(F)cc2)C1. The third-order valence-electron chi connectivity index (χ3n) is 2.81. The number of hydrogen-bond donors (Lipinski definition) is 0. The maximum absolute atomic E-state index is 12.8. The third kappa shape index (κ3) is 3.27. The van der Waals surface area contributed by atoms with Gasteiger partial charge in [0.2, 0.25) is 0 Å². The van der Waals surface area contributed by atoms with E-state index in [0.717, 1.165) is 12.0 Å². The molecule has 0 aliphatic carbocycles. The number of carbonyl (C=O) groups is 1. The van der Waals surface area contributed by atoms with E-state index in [4.69, 9.17) is 9.47 Å².